The molecule has 0 radical (unpaired) electrons. The highest BCUT2D eigenvalue weighted by Gasteiger charge is 2.12. The van der Waals surface area contributed by atoms with Crippen LogP contribution < -0.4 is 4.74 Å². The fourth-order valence-corrected chi connectivity index (χ4v) is 2.61. The molecule has 0 saturated heterocycles. The highest BCUT2D eigenvalue weighted by atomic mass is 32.1. The van der Waals surface area contributed by atoms with Crippen LogP contribution in [-0.4, -0.2) is 16.1 Å². The molecule has 0 aliphatic heterocycles. The molecule has 0 saturated carbocycles. The van der Waals surface area contributed by atoms with Gasteiger partial charge in [-0.25, -0.2) is 4.79 Å². The Balaban J connectivity index is 1.79. The van der Waals surface area contributed by atoms with Gasteiger partial charge in [-0.3, -0.25) is 4.98 Å². The molecule has 0 aliphatic carbocycles. The van der Waals surface area contributed by atoms with Crippen LogP contribution in [0.5, 0.6) is 5.75 Å². The molecule has 2 heterocycles. The zero-order chi connectivity index (χ0) is 13.9. The number of hydrogen-bond donors (Lipinski definition) is 1. The number of carboxylic acid groups (broad SMARTS) is 1. The van der Waals surface area contributed by atoms with E-state index in [-0.39, 0.29) is 4.88 Å². The van der Waals surface area contributed by atoms with Crippen molar-refractivity contribution in [3.8, 4) is 5.75 Å². The molecule has 0 spiro atoms. The van der Waals surface area contributed by atoms with E-state index in [2.05, 4.69) is 4.98 Å². The van der Waals surface area contributed by atoms with Gasteiger partial charge in [-0.1, -0.05) is 12.1 Å². The molecule has 5 heteroatoms. The zero-order valence-corrected chi connectivity index (χ0v) is 11.3. The Labute approximate surface area is 119 Å². The molecule has 0 unspecified atom stereocenters. The molecule has 4 nitrogen and oxygen atoms in total. The predicted octanol–water partition coefficient (Wildman–Crippen LogP) is 3.57. The Morgan fingerprint density at radius 3 is 3.05 bits per heavy atom. The minimum atomic E-state index is -0.960. The summed E-state index contributed by atoms with van der Waals surface area (Å²) in [5.74, 6) is -0.550. The average Bonchev–Trinajstić information content (AvgIpc) is 2.93. The minimum absolute atomic E-state index is 0.229. The van der Waals surface area contributed by atoms with Crippen LogP contribution in [0.4, 0.5) is 0 Å². The third-order valence-electron chi connectivity index (χ3n) is 2.89. The lowest BCUT2D eigenvalue weighted by atomic mass is 10.1. The van der Waals surface area contributed by atoms with Crippen molar-refractivity contribution < 1.29 is 14.6 Å². The second-order valence-corrected chi connectivity index (χ2v) is 5.15. The second-order valence-electron chi connectivity index (χ2n) is 4.24. The highest BCUT2D eigenvalue weighted by Crippen LogP contribution is 2.25. The van der Waals surface area contributed by atoms with E-state index in [1.54, 1.807) is 17.6 Å². The molecule has 0 aliphatic rings. The topological polar surface area (TPSA) is 59.4 Å². The first kappa shape index (κ1) is 12.6. The Kier molecular flexibility index (Phi) is 3.35. The third-order valence-corrected chi connectivity index (χ3v) is 3.77. The molecule has 0 fully saturated rings. The second kappa shape index (κ2) is 5.30. The third kappa shape index (κ3) is 2.48. The first-order valence-electron chi connectivity index (χ1n) is 6.01. The first-order chi connectivity index (χ1) is 9.74. The van der Waals surface area contributed by atoms with E-state index < -0.39 is 5.97 Å². The van der Waals surface area contributed by atoms with Crippen molar-refractivity contribution in [3.05, 3.63) is 58.4 Å². The quantitative estimate of drug-likeness (QED) is 0.796. The van der Waals surface area contributed by atoms with E-state index >= 15 is 0 Å². The standard InChI is InChI=1S/C15H11NO3S/c17-15(18)14-13(5-7-20-14)19-9-10-3-4-12-11(8-10)2-1-6-16-12/h1-8H,9H2,(H,17,18). The minimum Gasteiger partial charge on any atom is -0.487 e. The van der Waals surface area contributed by atoms with Crippen LogP contribution in [-0.2, 0) is 6.61 Å². The smallest absolute Gasteiger partial charge is 0.349 e. The van der Waals surface area contributed by atoms with Crippen molar-refractivity contribution >= 4 is 28.2 Å². The molecule has 1 aromatic carbocycles. The predicted molar refractivity (Wildman–Crippen MR) is 77.4 cm³/mol. The molecular formula is C15H11NO3S. The summed E-state index contributed by atoms with van der Waals surface area (Å²) >= 11 is 1.16. The van der Waals surface area contributed by atoms with E-state index in [1.807, 2.05) is 30.3 Å². The van der Waals surface area contributed by atoms with Gasteiger partial charge in [-0.05, 0) is 35.2 Å². The number of hydrogen-bond acceptors (Lipinski definition) is 4. The van der Waals surface area contributed by atoms with Gasteiger partial charge in [0.25, 0.3) is 0 Å². The highest BCUT2D eigenvalue weighted by molar-refractivity contribution is 7.12. The molecule has 3 rings (SSSR count). The van der Waals surface area contributed by atoms with Crippen molar-refractivity contribution in [2.24, 2.45) is 0 Å². The van der Waals surface area contributed by atoms with Gasteiger partial charge in [0.05, 0.1) is 5.52 Å². The number of ether oxygens (including phenoxy) is 1. The number of rotatable bonds is 4. The zero-order valence-electron chi connectivity index (χ0n) is 10.4. The Hall–Kier alpha value is -2.40. The molecule has 20 heavy (non-hydrogen) atoms. The Morgan fingerprint density at radius 2 is 2.20 bits per heavy atom. The molecule has 3 aromatic rings. The van der Waals surface area contributed by atoms with Crippen molar-refractivity contribution in [3.63, 3.8) is 0 Å². The van der Waals surface area contributed by atoms with Crippen LogP contribution in [0.2, 0.25) is 0 Å². The molecule has 2 aromatic heterocycles. The lowest BCUT2D eigenvalue weighted by Gasteiger charge is -2.06. The number of thiophene rings is 1. The summed E-state index contributed by atoms with van der Waals surface area (Å²) in [6, 6.07) is 11.4. The summed E-state index contributed by atoms with van der Waals surface area (Å²) in [6.45, 7) is 0.335. The van der Waals surface area contributed by atoms with E-state index in [0.717, 1.165) is 27.8 Å². The van der Waals surface area contributed by atoms with Gasteiger partial charge in [-0.2, -0.15) is 0 Å². The van der Waals surface area contributed by atoms with E-state index in [1.165, 1.54) is 0 Å². The average molecular weight is 285 g/mol. The van der Waals surface area contributed by atoms with Crippen LogP contribution in [0, 0.1) is 0 Å². The van der Waals surface area contributed by atoms with E-state index in [0.29, 0.717) is 12.4 Å². The summed E-state index contributed by atoms with van der Waals surface area (Å²) in [4.78, 5) is 15.5. The summed E-state index contributed by atoms with van der Waals surface area (Å²) in [5, 5.41) is 11.8. The van der Waals surface area contributed by atoms with Gasteiger partial charge in [0.15, 0.2) is 4.88 Å². The van der Waals surface area contributed by atoms with E-state index in [4.69, 9.17) is 9.84 Å². The number of benzene rings is 1. The van der Waals surface area contributed by atoms with Crippen LogP contribution in [0.25, 0.3) is 10.9 Å². The van der Waals surface area contributed by atoms with Gasteiger partial charge < -0.3 is 9.84 Å². The normalized spacial score (nSPS) is 10.6. The van der Waals surface area contributed by atoms with Gasteiger partial charge in [0.1, 0.15) is 12.4 Å². The van der Waals surface area contributed by atoms with Crippen molar-refractivity contribution in [1.29, 1.82) is 0 Å². The summed E-state index contributed by atoms with van der Waals surface area (Å²) in [7, 11) is 0. The number of carbonyl (C=O) groups is 1. The van der Waals surface area contributed by atoms with Crippen molar-refractivity contribution in [2.45, 2.75) is 6.61 Å². The first-order valence-corrected chi connectivity index (χ1v) is 6.89. The SMILES string of the molecule is O=C(O)c1sccc1OCc1ccc2ncccc2c1. The van der Waals surface area contributed by atoms with Crippen molar-refractivity contribution in [1.82, 2.24) is 4.98 Å². The molecule has 1 N–H and O–H groups in total. The molecule has 0 amide bonds. The van der Waals surface area contributed by atoms with Crippen LogP contribution in [0.3, 0.4) is 0 Å². The van der Waals surface area contributed by atoms with E-state index in [9.17, 15) is 4.79 Å². The monoisotopic (exact) mass is 285 g/mol. The van der Waals surface area contributed by atoms with Crippen LogP contribution in [0.15, 0.2) is 48.0 Å². The maximum atomic E-state index is 11.0. The maximum absolute atomic E-state index is 11.0. The summed E-state index contributed by atoms with van der Waals surface area (Å²) < 4.78 is 5.58. The molecule has 0 bridgehead atoms. The fourth-order valence-electron chi connectivity index (χ4n) is 1.94. The number of pyridine rings is 1. The van der Waals surface area contributed by atoms with Crippen molar-refractivity contribution in [2.75, 3.05) is 0 Å². The largest absolute Gasteiger partial charge is 0.487 e. The Morgan fingerprint density at radius 1 is 1.30 bits per heavy atom. The molecule has 0 atom stereocenters. The molecular weight excluding hydrogens is 274 g/mol. The lowest BCUT2D eigenvalue weighted by molar-refractivity contribution is 0.0697. The maximum Gasteiger partial charge on any atom is 0.349 e. The van der Waals surface area contributed by atoms with Gasteiger partial charge in [0, 0.05) is 11.6 Å². The van der Waals surface area contributed by atoms with Gasteiger partial charge in [0.2, 0.25) is 0 Å². The number of aromatic carboxylic acids is 1. The number of nitrogens with zero attached hydrogens (tertiary/aromatic N) is 1. The van der Waals surface area contributed by atoms with Crippen LogP contribution >= 0.6 is 11.3 Å². The molecule has 100 valence electrons. The number of fused-ring (bicyclic) bond motifs is 1. The van der Waals surface area contributed by atoms with Gasteiger partial charge >= 0.3 is 5.97 Å². The fraction of sp³-hybridized carbons (Fsp3) is 0.0667. The van der Waals surface area contributed by atoms with Crippen LogP contribution in [0.1, 0.15) is 15.2 Å². The number of aromatic nitrogens is 1. The summed E-state index contributed by atoms with van der Waals surface area (Å²) in [5.41, 5.74) is 1.91. The lowest BCUT2D eigenvalue weighted by Crippen LogP contribution is -2.00. The van der Waals surface area contributed by atoms with Gasteiger partial charge in [-0.15, -0.1) is 11.3 Å². The number of carboxylic acids is 1. The summed E-state index contributed by atoms with van der Waals surface area (Å²) in [6.07, 6.45) is 1.75. The Bertz CT molecular complexity index is 766.